The lowest BCUT2D eigenvalue weighted by atomic mass is 10.4. The van der Waals surface area contributed by atoms with Crippen LogP contribution in [0, 0.1) is 0 Å². The van der Waals surface area contributed by atoms with Crippen molar-refractivity contribution in [1.29, 1.82) is 0 Å². The summed E-state index contributed by atoms with van der Waals surface area (Å²) in [6.45, 7) is 0.367. The van der Waals surface area contributed by atoms with Crippen LogP contribution in [-0.2, 0) is 9.53 Å². The van der Waals surface area contributed by atoms with E-state index in [1.54, 1.807) is 14.1 Å². The highest BCUT2D eigenvalue weighted by Crippen LogP contribution is 1.90. The Hall–Kier alpha value is -1.26. The fourth-order valence-corrected chi connectivity index (χ4v) is 0.641. The lowest BCUT2D eigenvalue weighted by Crippen LogP contribution is -2.31. The van der Waals surface area contributed by atoms with E-state index in [2.05, 4.69) is 10.1 Å². The lowest BCUT2D eigenvalue weighted by molar-refractivity contribution is -0.120. The van der Waals surface area contributed by atoms with Crippen LogP contribution in [0.25, 0.3) is 0 Å². The van der Waals surface area contributed by atoms with Gasteiger partial charge in [-0.05, 0) is 0 Å². The van der Waals surface area contributed by atoms with Crippen molar-refractivity contribution in [3.05, 3.63) is 0 Å². The molecule has 0 aliphatic carbocycles. The Morgan fingerprint density at radius 3 is 2.50 bits per heavy atom. The second-order valence-electron chi connectivity index (χ2n) is 2.31. The van der Waals surface area contributed by atoms with Crippen LogP contribution in [0.5, 0.6) is 0 Å². The topological polar surface area (TPSA) is 58.6 Å². The van der Waals surface area contributed by atoms with Crippen molar-refractivity contribution < 1.29 is 14.3 Å². The highest BCUT2D eigenvalue weighted by atomic mass is 16.5. The largest absolute Gasteiger partial charge is 0.453 e. The minimum absolute atomic E-state index is 0.0919. The zero-order valence-corrected chi connectivity index (χ0v) is 7.59. The minimum Gasteiger partial charge on any atom is -0.453 e. The van der Waals surface area contributed by atoms with Crippen LogP contribution in [0.2, 0.25) is 0 Å². The number of hydrogen-bond acceptors (Lipinski definition) is 3. The molecule has 0 spiro atoms. The number of methoxy groups -OCH3 is 1. The average molecular weight is 174 g/mol. The van der Waals surface area contributed by atoms with E-state index in [-0.39, 0.29) is 5.91 Å². The van der Waals surface area contributed by atoms with Gasteiger partial charge in [-0.15, -0.1) is 0 Å². The molecular weight excluding hydrogens is 160 g/mol. The standard InChI is InChI=1S/C7H14N2O3/c1-8-6(10)4-5-9(2)7(11)12-3/h4-5H2,1-3H3,(H,8,10). The Bertz CT molecular complexity index is 170. The van der Waals surface area contributed by atoms with Crippen LogP contribution >= 0.6 is 0 Å². The first-order valence-electron chi connectivity index (χ1n) is 3.61. The van der Waals surface area contributed by atoms with Gasteiger partial charge in [0.25, 0.3) is 0 Å². The summed E-state index contributed by atoms with van der Waals surface area (Å²) in [6.07, 6.45) is -0.138. The van der Waals surface area contributed by atoms with Crippen LogP contribution in [-0.4, -0.2) is 44.7 Å². The number of carbonyl (C=O) groups is 2. The summed E-state index contributed by atoms with van der Waals surface area (Å²) >= 11 is 0. The SMILES string of the molecule is CNC(=O)CCN(C)C(=O)OC. The Kier molecular flexibility index (Phi) is 4.83. The number of nitrogens with one attached hydrogen (secondary N) is 1. The second-order valence-corrected chi connectivity index (χ2v) is 2.31. The number of hydrogen-bond donors (Lipinski definition) is 1. The summed E-state index contributed by atoms with van der Waals surface area (Å²) in [7, 11) is 4.44. The normalized spacial score (nSPS) is 8.92. The molecule has 0 aliphatic rings. The molecule has 2 amide bonds. The van der Waals surface area contributed by atoms with Crippen LogP contribution in [0.3, 0.4) is 0 Å². The summed E-state index contributed by atoms with van der Waals surface area (Å²) < 4.78 is 4.43. The second kappa shape index (κ2) is 5.40. The third-order valence-corrected chi connectivity index (χ3v) is 1.44. The minimum atomic E-state index is -0.432. The van der Waals surface area contributed by atoms with Crippen molar-refractivity contribution in [3.8, 4) is 0 Å². The van der Waals surface area contributed by atoms with Crippen LogP contribution in [0.1, 0.15) is 6.42 Å². The maximum atomic E-state index is 10.8. The first kappa shape index (κ1) is 10.7. The first-order chi connectivity index (χ1) is 5.61. The highest BCUT2D eigenvalue weighted by Gasteiger charge is 2.08. The molecule has 5 nitrogen and oxygen atoms in total. The predicted octanol–water partition coefficient (Wildman–Crippen LogP) is -0.179. The molecule has 0 fully saturated rings. The van der Waals surface area contributed by atoms with Gasteiger partial charge in [-0.2, -0.15) is 0 Å². The summed E-state index contributed by atoms with van der Waals surface area (Å²) in [6, 6.07) is 0. The van der Waals surface area contributed by atoms with Crippen molar-refractivity contribution in [2.75, 3.05) is 27.7 Å². The highest BCUT2D eigenvalue weighted by molar-refractivity contribution is 5.76. The summed E-state index contributed by atoms with van der Waals surface area (Å²) in [5.74, 6) is -0.0919. The summed E-state index contributed by atoms with van der Waals surface area (Å²) in [5, 5.41) is 2.46. The molecule has 0 aromatic carbocycles. The molecule has 70 valence electrons. The van der Waals surface area contributed by atoms with Gasteiger partial charge in [0.1, 0.15) is 0 Å². The van der Waals surface area contributed by atoms with Gasteiger partial charge in [-0.3, -0.25) is 4.79 Å². The number of rotatable bonds is 3. The molecule has 0 rings (SSSR count). The Morgan fingerprint density at radius 1 is 1.50 bits per heavy atom. The average Bonchev–Trinajstić information content (AvgIpc) is 2.11. The Morgan fingerprint density at radius 2 is 2.08 bits per heavy atom. The van der Waals surface area contributed by atoms with Crippen LogP contribution in [0.4, 0.5) is 4.79 Å². The van der Waals surface area contributed by atoms with Crippen molar-refractivity contribution in [3.63, 3.8) is 0 Å². The molecule has 0 bridgehead atoms. The number of amides is 2. The predicted molar refractivity (Wildman–Crippen MR) is 43.7 cm³/mol. The maximum absolute atomic E-state index is 10.8. The van der Waals surface area contributed by atoms with E-state index < -0.39 is 6.09 Å². The molecule has 1 N–H and O–H groups in total. The molecule has 12 heavy (non-hydrogen) atoms. The van der Waals surface area contributed by atoms with Gasteiger partial charge >= 0.3 is 6.09 Å². The molecule has 0 radical (unpaired) electrons. The van der Waals surface area contributed by atoms with E-state index in [1.165, 1.54) is 12.0 Å². The van der Waals surface area contributed by atoms with E-state index in [0.29, 0.717) is 13.0 Å². The van der Waals surface area contributed by atoms with Crippen molar-refractivity contribution in [1.82, 2.24) is 10.2 Å². The number of ether oxygens (including phenoxy) is 1. The number of nitrogens with zero attached hydrogens (tertiary/aromatic N) is 1. The lowest BCUT2D eigenvalue weighted by Gasteiger charge is -2.14. The van der Waals surface area contributed by atoms with E-state index >= 15 is 0 Å². The fourth-order valence-electron chi connectivity index (χ4n) is 0.641. The van der Waals surface area contributed by atoms with Gasteiger partial charge < -0.3 is 15.0 Å². The quantitative estimate of drug-likeness (QED) is 0.645. The molecule has 0 saturated carbocycles. The molecule has 0 aromatic rings. The van der Waals surface area contributed by atoms with Gasteiger partial charge in [-0.1, -0.05) is 0 Å². The molecule has 0 saturated heterocycles. The zero-order valence-electron chi connectivity index (χ0n) is 7.59. The molecule has 0 unspecified atom stereocenters. The maximum Gasteiger partial charge on any atom is 0.409 e. The van der Waals surface area contributed by atoms with Crippen LogP contribution < -0.4 is 5.32 Å². The third kappa shape index (κ3) is 3.80. The van der Waals surface area contributed by atoms with Gasteiger partial charge in [0, 0.05) is 27.1 Å². The van der Waals surface area contributed by atoms with E-state index in [9.17, 15) is 9.59 Å². The summed E-state index contributed by atoms with van der Waals surface area (Å²) in [5.41, 5.74) is 0. The van der Waals surface area contributed by atoms with Gasteiger partial charge in [-0.25, -0.2) is 4.79 Å². The summed E-state index contributed by atoms with van der Waals surface area (Å²) in [4.78, 5) is 22.9. The van der Waals surface area contributed by atoms with Crippen LogP contribution in [0.15, 0.2) is 0 Å². The molecule has 5 heteroatoms. The third-order valence-electron chi connectivity index (χ3n) is 1.44. The van der Waals surface area contributed by atoms with Crippen molar-refractivity contribution >= 4 is 12.0 Å². The Balaban J connectivity index is 3.63. The Labute approximate surface area is 71.7 Å². The number of carbonyl (C=O) groups excluding carboxylic acids is 2. The molecule has 0 heterocycles. The van der Waals surface area contributed by atoms with Crippen molar-refractivity contribution in [2.45, 2.75) is 6.42 Å². The first-order valence-corrected chi connectivity index (χ1v) is 3.61. The molecular formula is C7H14N2O3. The fraction of sp³-hybridized carbons (Fsp3) is 0.714. The van der Waals surface area contributed by atoms with E-state index in [0.717, 1.165) is 0 Å². The van der Waals surface area contributed by atoms with Gasteiger partial charge in [0.2, 0.25) is 5.91 Å². The van der Waals surface area contributed by atoms with E-state index in [4.69, 9.17) is 0 Å². The monoisotopic (exact) mass is 174 g/mol. The van der Waals surface area contributed by atoms with Gasteiger partial charge in [0.05, 0.1) is 7.11 Å². The molecule has 0 aliphatic heterocycles. The van der Waals surface area contributed by atoms with Gasteiger partial charge in [0.15, 0.2) is 0 Å². The smallest absolute Gasteiger partial charge is 0.409 e. The molecule has 0 aromatic heterocycles. The zero-order chi connectivity index (χ0) is 9.56. The van der Waals surface area contributed by atoms with E-state index in [1.807, 2.05) is 0 Å². The van der Waals surface area contributed by atoms with Crippen molar-refractivity contribution in [2.24, 2.45) is 0 Å². The molecule has 0 atom stereocenters.